The van der Waals surface area contributed by atoms with Crippen molar-refractivity contribution in [2.75, 3.05) is 18.4 Å². The molecule has 0 saturated carbocycles. The van der Waals surface area contributed by atoms with Crippen molar-refractivity contribution >= 4 is 22.6 Å². The minimum Gasteiger partial charge on any atom is -0.448 e. The van der Waals surface area contributed by atoms with Gasteiger partial charge in [-0.25, -0.2) is 9.97 Å². The minimum absolute atomic E-state index is 0.248. The third-order valence-corrected chi connectivity index (χ3v) is 6.17. The van der Waals surface area contributed by atoms with E-state index in [2.05, 4.69) is 44.0 Å². The molecule has 0 bridgehead atoms. The fourth-order valence-electron chi connectivity index (χ4n) is 4.21. The molecule has 1 fully saturated rings. The van der Waals surface area contributed by atoms with Gasteiger partial charge < -0.3 is 14.6 Å². The van der Waals surface area contributed by atoms with Gasteiger partial charge in [0.05, 0.1) is 11.7 Å². The molecule has 33 heavy (non-hydrogen) atoms. The Morgan fingerprint density at radius 1 is 1.12 bits per heavy atom. The van der Waals surface area contributed by atoms with Crippen molar-refractivity contribution in [3.63, 3.8) is 0 Å². The van der Waals surface area contributed by atoms with Crippen LogP contribution in [0.25, 0.3) is 22.0 Å². The third-order valence-electron chi connectivity index (χ3n) is 6.17. The second-order valence-corrected chi connectivity index (χ2v) is 8.66. The molecule has 8 nitrogen and oxygen atoms in total. The van der Waals surface area contributed by atoms with E-state index in [0.717, 1.165) is 48.0 Å². The molecule has 4 aromatic rings. The number of likely N-dealkylation sites (tertiary alicyclic amines) is 1. The first-order chi connectivity index (χ1) is 16.1. The van der Waals surface area contributed by atoms with Gasteiger partial charge in [-0.1, -0.05) is 6.07 Å². The summed E-state index contributed by atoms with van der Waals surface area (Å²) in [7, 11) is 0. The predicted molar refractivity (Wildman–Crippen MR) is 126 cm³/mol. The summed E-state index contributed by atoms with van der Waals surface area (Å²) < 4.78 is 5.67. The zero-order valence-corrected chi connectivity index (χ0v) is 18.7. The topological polar surface area (TPSA) is 97.0 Å². The van der Waals surface area contributed by atoms with Gasteiger partial charge in [-0.2, -0.15) is 0 Å². The highest BCUT2D eigenvalue weighted by Gasteiger charge is 2.26. The van der Waals surface area contributed by atoms with E-state index >= 15 is 0 Å². The van der Waals surface area contributed by atoms with Crippen molar-refractivity contribution in [2.45, 2.75) is 38.6 Å². The fraction of sp³-hybridized carbons (Fsp3) is 0.320. The normalized spacial score (nSPS) is 15.2. The second kappa shape index (κ2) is 9.07. The van der Waals surface area contributed by atoms with Crippen LogP contribution in [0.2, 0.25) is 0 Å². The summed E-state index contributed by atoms with van der Waals surface area (Å²) in [5.74, 6) is 0.984. The van der Waals surface area contributed by atoms with Crippen LogP contribution in [0.4, 0.5) is 5.82 Å². The van der Waals surface area contributed by atoms with E-state index in [1.807, 2.05) is 24.3 Å². The van der Waals surface area contributed by atoms with Gasteiger partial charge in [0.15, 0.2) is 11.6 Å². The molecule has 1 saturated heterocycles. The summed E-state index contributed by atoms with van der Waals surface area (Å²) in [6, 6.07) is 8.23. The quantitative estimate of drug-likeness (QED) is 0.485. The van der Waals surface area contributed by atoms with E-state index in [1.165, 1.54) is 6.26 Å². The van der Waals surface area contributed by atoms with Crippen LogP contribution in [-0.2, 0) is 0 Å². The molecule has 0 aromatic carbocycles. The molecular weight excluding hydrogens is 416 g/mol. The van der Waals surface area contributed by atoms with E-state index < -0.39 is 0 Å². The standard InChI is InChI=1S/C25H26N6O2/c1-16(2)31-8-5-17(6-9-31)25-29-22(15-33-25)24(32)30-23-11-19-10-20(13-27-21(19)14-28-23)18-4-3-7-26-12-18/h3-4,7,10-17H,5-6,8-9H2,1-2H3,(H,28,30,32). The molecule has 0 unspecified atom stereocenters. The van der Waals surface area contributed by atoms with Crippen LogP contribution in [0, 0.1) is 0 Å². The third kappa shape index (κ3) is 4.61. The number of pyridine rings is 3. The molecule has 0 spiro atoms. The van der Waals surface area contributed by atoms with Gasteiger partial charge in [-0.3, -0.25) is 14.8 Å². The Labute approximate surface area is 192 Å². The maximum Gasteiger partial charge on any atom is 0.278 e. The average molecular weight is 443 g/mol. The predicted octanol–water partition coefficient (Wildman–Crippen LogP) is 4.52. The van der Waals surface area contributed by atoms with E-state index in [0.29, 0.717) is 17.8 Å². The largest absolute Gasteiger partial charge is 0.448 e. The van der Waals surface area contributed by atoms with Crippen molar-refractivity contribution in [3.05, 3.63) is 66.9 Å². The molecule has 0 aliphatic carbocycles. The number of rotatable bonds is 5. The van der Waals surface area contributed by atoms with Crippen LogP contribution in [0.1, 0.15) is 49.0 Å². The van der Waals surface area contributed by atoms with E-state index in [-0.39, 0.29) is 17.5 Å². The lowest BCUT2D eigenvalue weighted by atomic mass is 9.96. The van der Waals surface area contributed by atoms with E-state index in [9.17, 15) is 4.79 Å². The fourth-order valence-corrected chi connectivity index (χ4v) is 4.21. The van der Waals surface area contributed by atoms with Gasteiger partial charge in [0, 0.05) is 47.1 Å². The summed E-state index contributed by atoms with van der Waals surface area (Å²) in [5.41, 5.74) is 2.94. The highest BCUT2D eigenvalue weighted by molar-refractivity contribution is 6.03. The molecule has 1 amide bonds. The maximum atomic E-state index is 12.8. The average Bonchev–Trinajstić information content (AvgIpc) is 3.35. The Hall–Kier alpha value is -3.65. The summed E-state index contributed by atoms with van der Waals surface area (Å²) in [6.07, 6.45) is 10.4. The van der Waals surface area contributed by atoms with Crippen molar-refractivity contribution in [2.24, 2.45) is 0 Å². The molecule has 5 heterocycles. The van der Waals surface area contributed by atoms with E-state index in [1.54, 1.807) is 24.8 Å². The van der Waals surface area contributed by atoms with Crippen molar-refractivity contribution in [1.82, 2.24) is 24.8 Å². The number of oxazole rings is 1. The Kier molecular flexibility index (Phi) is 5.83. The maximum absolute atomic E-state index is 12.8. The lowest BCUT2D eigenvalue weighted by molar-refractivity contribution is 0.102. The number of hydrogen-bond donors (Lipinski definition) is 1. The molecular formula is C25H26N6O2. The summed E-state index contributed by atoms with van der Waals surface area (Å²) >= 11 is 0. The van der Waals surface area contributed by atoms with Gasteiger partial charge in [-0.05, 0) is 58.0 Å². The number of nitrogens with one attached hydrogen (secondary N) is 1. The number of aromatic nitrogens is 4. The van der Waals surface area contributed by atoms with Crippen LogP contribution in [0.3, 0.4) is 0 Å². The monoisotopic (exact) mass is 442 g/mol. The molecule has 0 radical (unpaired) electrons. The minimum atomic E-state index is -0.340. The Bertz CT molecular complexity index is 1260. The summed E-state index contributed by atoms with van der Waals surface area (Å²) in [4.78, 5) is 32.7. The number of anilines is 1. The Balaban J connectivity index is 1.29. The first kappa shape index (κ1) is 21.2. The molecule has 1 aliphatic rings. The number of carbonyl (C=O) groups excluding carboxylic acids is 1. The number of carbonyl (C=O) groups is 1. The summed E-state index contributed by atoms with van der Waals surface area (Å²) in [6.45, 7) is 6.46. The van der Waals surface area contributed by atoms with Crippen molar-refractivity contribution < 1.29 is 9.21 Å². The Morgan fingerprint density at radius 2 is 1.97 bits per heavy atom. The van der Waals surface area contributed by atoms with Gasteiger partial charge in [0.1, 0.15) is 12.1 Å². The molecule has 4 aromatic heterocycles. The van der Waals surface area contributed by atoms with Gasteiger partial charge >= 0.3 is 0 Å². The molecule has 0 atom stereocenters. The SMILES string of the molecule is CC(C)N1CCC(c2nc(C(=O)Nc3cc4cc(-c5cccnc5)cnc4cn3)co2)CC1. The van der Waals surface area contributed by atoms with Crippen LogP contribution in [0.5, 0.6) is 0 Å². The first-order valence-electron chi connectivity index (χ1n) is 11.2. The lowest BCUT2D eigenvalue weighted by Gasteiger charge is -2.33. The lowest BCUT2D eigenvalue weighted by Crippen LogP contribution is -2.37. The number of amides is 1. The van der Waals surface area contributed by atoms with Gasteiger partial charge in [-0.15, -0.1) is 0 Å². The summed E-state index contributed by atoms with van der Waals surface area (Å²) in [5, 5.41) is 3.70. The highest BCUT2D eigenvalue weighted by atomic mass is 16.3. The van der Waals surface area contributed by atoms with Gasteiger partial charge in [0.2, 0.25) is 0 Å². The van der Waals surface area contributed by atoms with Crippen molar-refractivity contribution in [3.8, 4) is 11.1 Å². The van der Waals surface area contributed by atoms with Gasteiger partial charge in [0.25, 0.3) is 5.91 Å². The number of piperidine rings is 1. The highest BCUT2D eigenvalue weighted by Crippen LogP contribution is 2.28. The smallest absolute Gasteiger partial charge is 0.278 e. The molecule has 5 rings (SSSR count). The molecule has 8 heteroatoms. The zero-order valence-electron chi connectivity index (χ0n) is 18.7. The Morgan fingerprint density at radius 3 is 2.73 bits per heavy atom. The number of fused-ring (bicyclic) bond motifs is 1. The number of hydrogen-bond acceptors (Lipinski definition) is 7. The molecule has 1 N–H and O–H groups in total. The van der Waals surface area contributed by atoms with Crippen LogP contribution in [0.15, 0.2) is 59.7 Å². The second-order valence-electron chi connectivity index (χ2n) is 8.66. The van der Waals surface area contributed by atoms with Crippen LogP contribution in [-0.4, -0.2) is 49.9 Å². The van der Waals surface area contributed by atoms with Crippen molar-refractivity contribution in [1.29, 1.82) is 0 Å². The first-order valence-corrected chi connectivity index (χ1v) is 11.2. The van der Waals surface area contributed by atoms with E-state index in [4.69, 9.17) is 4.42 Å². The number of nitrogens with zero attached hydrogens (tertiary/aromatic N) is 5. The molecule has 1 aliphatic heterocycles. The van der Waals surface area contributed by atoms with Crippen LogP contribution < -0.4 is 5.32 Å². The zero-order chi connectivity index (χ0) is 22.8. The molecule has 168 valence electrons. The van der Waals surface area contributed by atoms with Crippen LogP contribution >= 0.6 is 0 Å².